The summed E-state index contributed by atoms with van der Waals surface area (Å²) in [5.41, 5.74) is 3.91. The van der Waals surface area contributed by atoms with Gasteiger partial charge in [0.2, 0.25) is 5.91 Å². The minimum atomic E-state index is -4.26. The van der Waals surface area contributed by atoms with Gasteiger partial charge in [-0.25, -0.2) is 4.18 Å². The van der Waals surface area contributed by atoms with E-state index in [1.807, 2.05) is 4.90 Å². The van der Waals surface area contributed by atoms with Gasteiger partial charge >= 0.3 is 10.1 Å². The van der Waals surface area contributed by atoms with E-state index in [0.29, 0.717) is 32.0 Å². The second-order valence-corrected chi connectivity index (χ2v) is 12.6. The number of hydrogen-bond donors (Lipinski definition) is 1. The lowest BCUT2D eigenvalue weighted by Gasteiger charge is -2.41. The van der Waals surface area contributed by atoms with Crippen LogP contribution in [-0.4, -0.2) is 67.9 Å². The maximum atomic E-state index is 13.0. The molecule has 8 nitrogen and oxygen atoms in total. The lowest BCUT2D eigenvalue weighted by Crippen LogP contribution is -2.54. The number of carbonyl (C=O) groups is 2. The molecule has 3 rings (SSSR count). The van der Waals surface area contributed by atoms with E-state index in [9.17, 15) is 18.0 Å². The standard InChI is InChI=1S/C19H27BrClN3O5S2/c1-12(2)23-7-9-24(10-8-23)16(25)13-3-5-19(6-4-13,18(22)26)29-31(27,28)17-14(20)11-15(21)30-17/h11-13H,3-10H2,1-2H3,(H2,22,26). The lowest BCUT2D eigenvalue weighted by molar-refractivity contribution is -0.145. The predicted octanol–water partition coefficient (Wildman–Crippen LogP) is 2.84. The Kier molecular flexibility index (Phi) is 7.75. The van der Waals surface area contributed by atoms with Crippen LogP contribution in [0.15, 0.2) is 14.7 Å². The summed E-state index contributed by atoms with van der Waals surface area (Å²) in [6.07, 6.45) is 0.823. The molecule has 2 amide bonds. The molecule has 31 heavy (non-hydrogen) atoms. The van der Waals surface area contributed by atoms with Gasteiger partial charge < -0.3 is 10.6 Å². The summed E-state index contributed by atoms with van der Waals surface area (Å²) in [4.78, 5) is 29.4. The molecule has 1 aliphatic carbocycles. The van der Waals surface area contributed by atoms with Crippen LogP contribution in [0.5, 0.6) is 0 Å². The topological polar surface area (TPSA) is 110 Å². The van der Waals surface area contributed by atoms with Crippen LogP contribution in [0.1, 0.15) is 39.5 Å². The summed E-state index contributed by atoms with van der Waals surface area (Å²) in [7, 11) is -4.26. The Bertz CT molecular complexity index is 936. The highest BCUT2D eigenvalue weighted by Gasteiger charge is 2.48. The fourth-order valence-corrected chi connectivity index (χ4v) is 8.32. The summed E-state index contributed by atoms with van der Waals surface area (Å²) in [5.74, 6) is -1.06. The van der Waals surface area contributed by atoms with Crippen LogP contribution >= 0.6 is 38.9 Å². The summed E-state index contributed by atoms with van der Waals surface area (Å²) in [6.45, 7) is 7.29. The Hall–Kier alpha value is -0.720. The molecular weight excluding hydrogens is 530 g/mol. The van der Waals surface area contributed by atoms with E-state index < -0.39 is 21.6 Å². The summed E-state index contributed by atoms with van der Waals surface area (Å²) in [6, 6.07) is 1.90. The van der Waals surface area contributed by atoms with Gasteiger partial charge in [0.15, 0.2) is 9.81 Å². The number of piperazine rings is 1. The Morgan fingerprint density at radius 2 is 1.84 bits per heavy atom. The van der Waals surface area contributed by atoms with Gasteiger partial charge in [0.25, 0.3) is 5.91 Å². The van der Waals surface area contributed by atoms with E-state index in [1.165, 1.54) is 6.07 Å². The molecule has 1 aromatic rings. The molecule has 12 heteroatoms. The molecule has 0 unspecified atom stereocenters. The van der Waals surface area contributed by atoms with E-state index in [0.717, 1.165) is 24.4 Å². The van der Waals surface area contributed by atoms with Crippen LogP contribution in [0.3, 0.4) is 0 Å². The Morgan fingerprint density at radius 1 is 1.26 bits per heavy atom. The van der Waals surface area contributed by atoms with E-state index in [2.05, 4.69) is 34.7 Å². The fraction of sp³-hybridized carbons (Fsp3) is 0.684. The molecule has 0 aromatic carbocycles. The van der Waals surface area contributed by atoms with Crippen molar-refractivity contribution in [2.24, 2.45) is 11.7 Å². The fourth-order valence-electron chi connectivity index (χ4n) is 4.16. The van der Waals surface area contributed by atoms with Crippen LogP contribution in [0.25, 0.3) is 0 Å². The van der Waals surface area contributed by atoms with Crippen molar-refractivity contribution < 1.29 is 22.2 Å². The number of amides is 2. The summed E-state index contributed by atoms with van der Waals surface area (Å²) >= 11 is 9.89. The zero-order valence-electron chi connectivity index (χ0n) is 17.5. The highest BCUT2D eigenvalue weighted by Crippen LogP contribution is 2.41. The predicted molar refractivity (Wildman–Crippen MR) is 122 cm³/mol. The van der Waals surface area contributed by atoms with Crippen LogP contribution in [0.4, 0.5) is 0 Å². The zero-order chi connectivity index (χ0) is 23.0. The number of thiophene rings is 1. The molecule has 2 heterocycles. The molecule has 174 valence electrons. The highest BCUT2D eigenvalue weighted by atomic mass is 79.9. The molecule has 1 aromatic heterocycles. The third-order valence-electron chi connectivity index (χ3n) is 6.07. The maximum Gasteiger partial charge on any atom is 0.308 e. The van der Waals surface area contributed by atoms with Crippen LogP contribution < -0.4 is 5.73 Å². The molecule has 0 bridgehead atoms. The molecule has 2 aliphatic rings. The Morgan fingerprint density at radius 3 is 2.29 bits per heavy atom. The molecule has 0 atom stereocenters. The minimum absolute atomic E-state index is 0.0529. The first-order valence-corrected chi connectivity index (χ1v) is 13.6. The smallest absolute Gasteiger partial charge is 0.308 e. The van der Waals surface area contributed by atoms with E-state index in [1.54, 1.807) is 0 Å². The largest absolute Gasteiger partial charge is 0.367 e. The number of primary amides is 1. The molecule has 2 N–H and O–H groups in total. The minimum Gasteiger partial charge on any atom is -0.367 e. The van der Waals surface area contributed by atoms with Crippen molar-refractivity contribution in [3.05, 3.63) is 14.9 Å². The van der Waals surface area contributed by atoms with E-state index >= 15 is 0 Å². The average Bonchev–Trinajstić information content (AvgIpc) is 3.06. The summed E-state index contributed by atoms with van der Waals surface area (Å²) < 4.78 is 31.4. The van der Waals surface area contributed by atoms with Gasteiger partial charge in [-0.1, -0.05) is 11.6 Å². The van der Waals surface area contributed by atoms with Crippen molar-refractivity contribution >= 4 is 60.8 Å². The number of carbonyl (C=O) groups excluding carboxylic acids is 2. The maximum absolute atomic E-state index is 13.0. The van der Waals surface area contributed by atoms with Gasteiger partial charge in [-0.2, -0.15) is 8.42 Å². The third kappa shape index (κ3) is 5.44. The van der Waals surface area contributed by atoms with Crippen molar-refractivity contribution in [3.8, 4) is 0 Å². The van der Waals surface area contributed by atoms with Crippen molar-refractivity contribution in [1.82, 2.24) is 9.80 Å². The second-order valence-electron chi connectivity index (χ2n) is 8.31. The number of hydrogen-bond acceptors (Lipinski definition) is 7. The number of halogens is 2. The van der Waals surface area contributed by atoms with E-state index in [4.69, 9.17) is 21.5 Å². The first kappa shape index (κ1) is 24.9. The molecule has 0 spiro atoms. The molecule has 0 radical (unpaired) electrons. The molecular formula is C19H27BrClN3O5S2. The lowest BCUT2D eigenvalue weighted by atomic mass is 9.78. The zero-order valence-corrected chi connectivity index (χ0v) is 21.4. The van der Waals surface area contributed by atoms with Gasteiger partial charge in [-0.15, -0.1) is 11.3 Å². The van der Waals surface area contributed by atoms with E-state index in [-0.39, 0.29) is 37.7 Å². The van der Waals surface area contributed by atoms with Crippen molar-refractivity contribution in [2.45, 2.75) is 55.4 Å². The normalized spacial score (nSPS) is 25.7. The average molecular weight is 557 g/mol. The van der Waals surface area contributed by atoms with Crippen LogP contribution in [-0.2, 0) is 23.9 Å². The van der Waals surface area contributed by atoms with Gasteiger partial charge in [0, 0.05) is 38.1 Å². The molecule has 1 saturated heterocycles. The Labute approximate surface area is 200 Å². The van der Waals surface area contributed by atoms with Gasteiger partial charge in [-0.05, 0) is 61.5 Å². The first-order valence-electron chi connectivity index (χ1n) is 10.2. The quantitative estimate of drug-likeness (QED) is 0.540. The second kappa shape index (κ2) is 9.64. The first-order chi connectivity index (χ1) is 14.4. The van der Waals surface area contributed by atoms with Crippen molar-refractivity contribution in [1.29, 1.82) is 0 Å². The molecule has 2 fully saturated rings. The van der Waals surface area contributed by atoms with Gasteiger partial charge in [0.05, 0.1) is 8.81 Å². The Balaban J connectivity index is 1.66. The summed E-state index contributed by atoms with van der Waals surface area (Å²) in [5, 5.41) is 0. The van der Waals surface area contributed by atoms with Crippen molar-refractivity contribution in [2.75, 3.05) is 26.2 Å². The SMILES string of the molecule is CC(C)N1CCN(C(=O)C2CCC(OS(=O)(=O)c3sc(Cl)cc3Br)(C(N)=O)CC2)CC1. The van der Waals surface area contributed by atoms with Crippen molar-refractivity contribution in [3.63, 3.8) is 0 Å². The monoisotopic (exact) mass is 555 g/mol. The highest BCUT2D eigenvalue weighted by molar-refractivity contribution is 9.10. The van der Waals surface area contributed by atoms with Gasteiger partial charge in [0.1, 0.15) is 0 Å². The van der Waals surface area contributed by atoms with Crippen LogP contribution in [0, 0.1) is 5.92 Å². The van der Waals surface area contributed by atoms with Gasteiger partial charge in [-0.3, -0.25) is 14.5 Å². The molecule has 1 saturated carbocycles. The number of nitrogens with two attached hydrogens (primary N) is 1. The number of rotatable bonds is 6. The van der Waals surface area contributed by atoms with Crippen LogP contribution in [0.2, 0.25) is 4.34 Å². The molecule has 1 aliphatic heterocycles. The third-order valence-corrected chi connectivity index (χ3v) is 10.4. The number of nitrogens with zero attached hydrogens (tertiary/aromatic N) is 2.